The molecule has 15 N–H and O–H groups in total. The fraction of sp³-hybridized carbons (Fsp3) is 0.538. The summed E-state index contributed by atoms with van der Waals surface area (Å²) < 4.78 is 0. The van der Waals surface area contributed by atoms with Crippen molar-refractivity contribution in [3.8, 4) is 0 Å². The van der Waals surface area contributed by atoms with Gasteiger partial charge in [-0.25, -0.2) is 4.79 Å². The van der Waals surface area contributed by atoms with E-state index >= 15 is 0 Å². The van der Waals surface area contributed by atoms with Crippen LogP contribution in [-0.4, -0.2) is 141 Å². The van der Waals surface area contributed by atoms with E-state index in [9.17, 15) is 72.9 Å². The molecule has 0 heterocycles. The van der Waals surface area contributed by atoms with Crippen LogP contribution in [0, 0.1) is 17.8 Å². The van der Waals surface area contributed by atoms with Gasteiger partial charge in [0.15, 0.2) is 0 Å². The van der Waals surface area contributed by atoms with E-state index in [-0.39, 0.29) is 43.9 Å². The molecule has 0 aliphatic rings. The molecule has 0 spiro atoms. The van der Waals surface area contributed by atoms with E-state index in [1.807, 2.05) is 0 Å². The second-order valence-electron chi connectivity index (χ2n) is 19.9. The Hall–Kier alpha value is -7.96. The molecule has 25 nitrogen and oxygen atoms in total. The van der Waals surface area contributed by atoms with Gasteiger partial charge in [-0.1, -0.05) is 102 Å². The number of hydrogen-bond donors (Lipinski definition) is 13. The summed E-state index contributed by atoms with van der Waals surface area (Å²) in [6.07, 6.45) is -3.13. The van der Waals surface area contributed by atoms with Gasteiger partial charge in [-0.15, -0.1) is 0 Å². The molecule has 9 atom stereocenters. The van der Waals surface area contributed by atoms with E-state index < -0.39 is 157 Å². The molecule has 0 aromatic heterocycles. The average Bonchev–Trinajstić information content (AvgIpc) is 3.34. The number of hydrogen-bond acceptors (Lipinski definition) is 13. The highest BCUT2D eigenvalue weighted by atomic mass is 16.4. The Morgan fingerprint density at radius 1 is 0.442 bits per heavy atom. The summed E-state index contributed by atoms with van der Waals surface area (Å²) in [6, 6.07) is 3.80. The predicted molar refractivity (Wildman–Crippen MR) is 278 cm³/mol. The van der Waals surface area contributed by atoms with Crippen LogP contribution in [0.4, 0.5) is 0 Å². The lowest BCUT2D eigenvalue weighted by atomic mass is 9.99. The summed E-state index contributed by atoms with van der Waals surface area (Å²) in [7, 11) is 0. The van der Waals surface area contributed by atoms with Gasteiger partial charge in [-0.05, 0) is 67.9 Å². The zero-order chi connectivity index (χ0) is 58.1. The third kappa shape index (κ3) is 24.5. The van der Waals surface area contributed by atoms with Crippen molar-refractivity contribution in [2.75, 3.05) is 0 Å². The Kier molecular flexibility index (Phi) is 27.5. The summed E-state index contributed by atoms with van der Waals surface area (Å²) >= 11 is 0. The van der Waals surface area contributed by atoms with E-state index in [1.165, 1.54) is 20.8 Å². The molecule has 0 aliphatic carbocycles. The second-order valence-corrected chi connectivity index (χ2v) is 19.9. The number of benzene rings is 2. The Bertz CT molecular complexity index is 2370. The van der Waals surface area contributed by atoms with Crippen LogP contribution in [-0.2, 0) is 70.4 Å². The fourth-order valence-electron chi connectivity index (χ4n) is 7.71. The average molecular weight is 1080 g/mol. The third-order valence-corrected chi connectivity index (χ3v) is 11.8. The number of rotatable bonds is 34. The summed E-state index contributed by atoms with van der Waals surface area (Å²) in [6.45, 7) is 11.3. The Balaban J connectivity index is 2.45. The highest BCUT2D eigenvalue weighted by molar-refractivity contribution is 5.99. The van der Waals surface area contributed by atoms with Crippen molar-refractivity contribution < 1.29 is 72.9 Å². The monoisotopic (exact) mass is 1080 g/mol. The Morgan fingerprint density at radius 3 is 1.26 bits per heavy atom. The van der Waals surface area contributed by atoms with Crippen molar-refractivity contribution in [2.24, 2.45) is 29.2 Å². The molecule has 2 rings (SSSR count). The minimum atomic E-state index is -1.87. The molecule has 0 radical (unpaired) electrons. The van der Waals surface area contributed by atoms with E-state index in [0.29, 0.717) is 5.56 Å². The number of carbonyl (C=O) groups is 12. The van der Waals surface area contributed by atoms with Gasteiger partial charge in [-0.2, -0.15) is 0 Å². The standard InChI is InChI=1S/C52H76N10O15/c1-27(2)22-36(58-45(69)33(53)24-31-14-10-8-11-15-31)49(73)56-34(18-20-40(54)63)46(70)59-37(23-28(3)4)50(74)57-35(19-21-41(64)65)47(71)60-38(25-32-16-12-9-13-17-32)51(75)61-39(26-42(66)67)48(72)55-30(7)44(68)62-43(29(5)6)52(76)77/h8-17,27-30,33-39,43H,18-26,53H2,1-7H3,(H2,54,63)(H,55,72)(H,56,73)(H,57,74)(H,58,69)(H,59,70)(H,60,71)(H,61,75)(H,62,68)(H,64,65)(H,66,67)(H,76,77). The number of aliphatic carboxylic acids is 3. The van der Waals surface area contributed by atoms with Gasteiger partial charge in [0.25, 0.3) is 0 Å². The van der Waals surface area contributed by atoms with Crippen LogP contribution in [0.3, 0.4) is 0 Å². The maximum atomic E-state index is 14.2. The van der Waals surface area contributed by atoms with Crippen molar-refractivity contribution in [3.63, 3.8) is 0 Å². The molecule has 9 unspecified atom stereocenters. The van der Waals surface area contributed by atoms with Crippen molar-refractivity contribution in [1.82, 2.24) is 42.5 Å². The second kappa shape index (κ2) is 32.5. The van der Waals surface area contributed by atoms with Crippen LogP contribution in [0.2, 0.25) is 0 Å². The molecule has 2 aromatic rings. The van der Waals surface area contributed by atoms with Crippen LogP contribution in [0.1, 0.15) is 105 Å². The number of primary amides is 1. The maximum Gasteiger partial charge on any atom is 0.326 e. The number of carboxylic acids is 3. The Morgan fingerprint density at radius 2 is 0.831 bits per heavy atom. The van der Waals surface area contributed by atoms with Crippen LogP contribution in [0.5, 0.6) is 0 Å². The van der Waals surface area contributed by atoms with Crippen LogP contribution >= 0.6 is 0 Å². The zero-order valence-electron chi connectivity index (χ0n) is 44.5. The lowest BCUT2D eigenvalue weighted by molar-refractivity contribution is -0.144. The highest BCUT2D eigenvalue weighted by Crippen LogP contribution is 2.13. The maximum absolute atomic E-state index is 14.2. The number of carboxylic acid groups (broad SMARTS) is 3. The minimum absolute atomic E-state index is 0.0864. The SMILES string of the molecule is CC(C)CC(NC(=O)C(N)Cc1ccccc1)C(=O)NC(CCC(N)=O)C(=O)NC(CC(C)C)C(=O)NC(CCC(=O)O)C(=O)NC(Cc1ccccc1)C(=O)NC(CC(=O)O)C(=O)NC(C)C(=O)NC(C(=O)O)C(C)C. The molecule has 0 bridgehead atoms. The van der Waals surface area contributed by atoms with Gasteiger partial charge < -0.3 is 69.3 Å². The highest BCUT2D eigenvalue weighted by Gasteiger charge is 2.36. The van der Waals surface area contributed by atoms with E-state index in [1.54, 1.807) is 88.4 Å². The molecule has 424 valence electrons. The van der Waals surface area contributed by atoms with E-state index in [4.69, 9.17) is 11.5 Å². The molecular weight excluding hydrogens is 1000 g/mol. The van der Waals surface area contributed by atoms with Crippen molar-refractivity contribution in [3.05, 3.63) is 71.8 Å². The lowest BCUT2D eigenvalue weighted by Gasteiger charge is -2.28. The van der Waals surface area contributed by atoms with Crippen molar-refractivity contribution in [2.45, 2.75) is 161 Å². The third-order valence-electron chi connectivity index (χ3n) is 11.8. The minimum Gasteiger partial charge on any atom is -0.481 e. The summed E-state index contributed by atoms with van der Waals surface area (Å²) in [5.74, 6) is -13.9. The van der Waals surface area contributed by atoms with Crippen LogP contribution in [0.25, 0.3) is 0 Å². The first-order valence-electron chi connectivity index (χ1n) is 25.3. The number of nitrogens with two attached hydrogens (primary N) is 2. The molecule has 0 saturated carbocycles. The van der Waals surface area contributed by atoms with E-state index in [2.05, 4.69) is 42.5 Å². The van der Waals surface area contributed by atoms with Gasteiger partial charge in [0, 0.05) is 19.3 Å². The summed E-state index contributed by atoms with van der Waals surface area (Å²) in [5.41, 5.74) is 12.8. The quantitative estimate of drug-likeness (QED) is 0.0405. The molecule has 0 aliphatic heterocycles. The molecule has 77 heavy (non-hydrogen) atoms. The van der Waals surface area contributed by atoms with Crippen LogP contribution < -0.4 is 54.0 Å². The molecule has 2 aromatic carbocycles. The lowest BCUT2D eigenvalue weighted by Crippen LogP contribution is -2.61. The predicted octanol–water partition coefficient (Wildman–Crippen LogP) is -0.865. The van der Waals surface area contributed by atoms with Gasteiger partial charge in [-0.3, -0.25) is 52.7 Å². The first-order chi connectivity index (χ1) is 36.1. The van der Waals surface area contributed by atoms with Gasteiger partial charge in [0.2, 0.25) is 53.2 Å². The summed E-state index contributed by atoms with van der Waals surface area (Å²) in [5, 5.41) is 48.4. The van der Waals surface area contributed by atoms with E-state index in [0.717, 1.165) is 5.56 Å². The fourth-order valence-corrected chi connectivity index (χ4v) is 7.71. The molecular formula is C52H76N10O15. The summed E-state index contributed by atoms with van der Waals surface area (Å²) in [4.78, 5) is 158. The smallest absolute Gasteiger partial charge is 0.326 e. The number of nitrogens with one attached hydrogen (secondary N) is 8. The first-order valence-corrected chi connectivity index (χ1v) is 25.3. The number of carbonyl (C=O) groups excluding carboxylic acids is 9. The largest absolute Gasteiger partial charge is 0.481 e. The first kappa shape index (κ1) is 65.2. The van der Waals surface area contributed by atoms with Gasteiger partial charge in [0.05, 0.1) is 12.5 Å². The zero-order valence-corrected chi connectivity index (χ0v) is 44.5. The number of amides is 9. The normalized spacial score (nSPS) is 14.6. The van der Waals surface area contributed by atoms with Crippen molar-refractivity contribution in [1.29, 1.82) is 0 Å². The molecule has 25 heteroatoms. The van der Waals surface area contributed by atoms with Gasteiger partial charge in [0.1, 0.15) is 48.3 Å². The van der Waals surface area contributed by atoms with Gasteiger partial charge >= 0.3 is 17.9 Å². The topological polar surface area (TPSA) is 414 Å². The van der Waals surface area contributed by atoms with Crippen LogP contribution in [0.15, 0.2) is 60.7 Å². The Labute approximate surface area is 446 Å². The van der Waals surface area contributed by atoms with Crippen molar-refractivity contribution >= 4 is 71.1 Å². The molecule has 0 saturated heterocycles. The molecule has 9 amide bonds. The molecule has 0 fully saturated rings.